The van der Waals surface area contributed by atoms with Gasteiger partial charge in [0.15, 0.2) is 0 Å². The second-order valence-electron chi connectivity index (χ2n) is 8.51. The van der Waals surface area contributed by atoms with Crippen molar-refractivity contribution >= 4 is 54.2 Å². The van der Waals surface area contributed by atoms with Crippen molar-refractivity contribution in [1.82, 2.24) is 4.57 Å². The van der Waals surface area contributed by atoms with E-state index >= 15 is 0 Å². The van der Waals surface area contributed by atoms with Gasteiger partial charge in [0.1, 0.15) is 0 Å². The largest absolute Gasteiger partial charge is 0.399 e. The van der Waals surface area contributed by atoms with Gasteiger partial charge >= 0.3 is 0 Å². The summed E-state index contributed by atoms with van der Waals surface area (Å²) in [6, 6.07) is 30.1. The lowest BCUT2D eigenvalue weighted by molar-refractivity contribution is 1.10. The molecular formula is C31H24N2S. The summed E-state index contributed by atoms with van der Waals surface area (Å²) < 4.78 is 4.93. The average molecular weight is 457 g/mol. The van der Waals surface area contributed by atoms with Crippen LogP contribution in [0.4, 0.5) is 5.69 Å². The first-order chi connectivity index (χ1) is 16.7. The van der Waals surface area contributed by atoms with Crippen LogP contribution in [0.1, 0.15) is 11.3 Å². The Kier molecular flexibility index (Phi) is 4.86. The molecule has 34 heavy (non-hydrogen) atoms. The molecule has 0 fully saturated rings. The number of nitrogen functional groups attached to an aromatic ring is 1. The predicted molar refractivity (Wildman–Crippen MR) is 150 cm³/mol. The number of nitrogens with two attached hydrogens (primary N) is 1. The van der Waals surface area contributed by atoms with Gasteiger partial charge in [-0.1, -0.05) is 73.3 Å². The Hall–Kier alpha value is -4.08. The number of allylic oxidation sites excluding steroid dienone is 2. The van der Waals surface area contributed by atoms with Gasteiger partial charge < -0.3 is 10.3 Å². The van der Waals surface area contributed by atoms with Crippen molar-refractivity contribution in [1.29, 1.82) is 0 Å². The highest BCUT2D eigenvalue weighted by molar-refractivity contribution is 7.25. The van der Waals surface area contributed by atoms with Crippen LogP contribution in [0.5, 0.6) is 0 Å². The van der Waals surface area contributed by atoms with Gasteiger partial charge in [-0.25, -0.2) is 0 Å². The maximum atomic E-state index is 6.38. The normalized spacial score (nSPS) is 11.8. The molecule has 0 radical (unpaired) electrons. The van der Waals surface area contributed by atoms with Crippen LogP contribution >= 0.6 is 11.3 Å². The van der Waals surface area contributed by atoms with Crippen molar-refractivity contribution < 1.29 is 0 Å². The third-order valence-electron chi connectivity index (χ3n) is 6.52. The second-order valence-corrected chi connectivity index (χ2v) is 9.59. The number of fused-ring (bicyclic) bond motifs is 4. The number of nitrogens with zero attached hydrogens (tertiary/aromatic N) is 1. The third-order valence-corrected chi connectivity index (χ3v) is 7.66. The highest BCUT2D eigenvalue weighted by atomic mass is 32.1. The monoisotopic (exact) mass is 456 g/mol. The van der Waals surface area contributed by atoms with Gasteiger partial charge in [0.05, 0.1) is 11.2 Å². The van der Waals surface area contributed by atoms with Crippen LogP contribution in [0.15, 0.2) is 104 Å². The van der Waals surface area contributed by atoms with Crippen LogP contribution < -0.4 is 5.73 Å². The maximum absolute atomic E-state index is 6.38. The van der Waals surface area contributed by atoms with Gasteiger partial charge in [-0.05, 0) is 54.5 Å². The molecule has 0 spiro atoms. The number of aromatic nitrogens is 1. The first-order valence-corrected chi connectivity index (χ1v) is 12.2. The highest BCUT2D eigenvalue weighted by Gasteiger charge is 2.19. The number of thiophene rings is 1. The first kappa shape index (κ1) is 20.5. The lowest BCUT2D eigenvalue weighted by atomic mass is 9.97. The molecule has 0 saturated carbocycles. The molecule has 0 bridgehead atoms. The fourth-order valence-corrected chi connectivity index (χ4v) is 6.13. The van der Waals surface area contributed by atoms with E-state index in [9.17, 15) is 0 Å². The van der Waals surface area contributed by atoms with Crippen LogP contribution in [-0.2, 0) is 0 Å². The standard InChI is InChI=1S/C31H24N2S/c1-3-4-13-26-20(2)22-10-5-7-14-27(22)33(26)28-19-21(32)17-18-23(28)24-12-9-16-30-31(24)25-11-6-8-15-29(25)34-30/h3-19H,1,32H2,2H3/b13-4-. The maximum Gasteiger partial charge on any atom is 0.0561 e. The van der Waals surface area contributed by atoms with Crippen LogP contribution in [-0.4, -0.2) is 4.57 Å². The van der Waals surface area contributed by atoms with E-state index in [1.165, 1.54) is 36.7 Å². The minimum Gasteiger partial charge on any atom is -0.399 e. The number of hydrogen-bond donors (Lipinski definition) is 1. The van der Waals surface area contributed by atoms with Gasteiger partial charge in [0.25, 0.3) is 0 Å². The molecule has 0 aliphatic carbocycles. The Balaban J connectivity index is 1.74. The number of anilines is 1. The average Bonchev–Trinajstić information content (AvgIpc) is 3.38. The quantitative estimate of drug-likeness (QED) is 0.209. The Morgan fingerprint density at radius 1 is 0.824 bits per heavy atom. The summed E-state index contributed by atoms with van der Waals surface area (Å²) in [6.45, 7) is 6.06. The van der Waals surface area contributed by atoms with E-state index in [2.05, 4.69) is 103 Å². The number of para-hydroxylation sites is 1. The molecule has 164 valence electrons. The summed E-state index contributed by atoms with van der Waals surface area (Å²) in [5.74, 6) is 0. The first-order valence-electron chi connectivity index (χ1n) is 11.4. The third kappa shape index (κ3) is 3.09. The number of rotatable bonds is 4. The van der Waals surface area contributed by atoms with Crippen molar-refractivity contribution in [3.8, 4) is 16.8 Å². The molecule has 2 heterocycles. The lowest BCUT2D eigenvalue weighted by Gasteiger charge is -2.17. The minimum absolute atomic E-state index is 0.746. The SMILES string of the molecule is C=C/C=C\c1c(C)c2ccccc2n1-c1cc(N)ccc1-c1cccc2sc3ccccc3c12. The molecule has 2 N–H and O–H groups in total. The van der Waals surface area contributed by atoms with E-state index in [1.807, 2.05) is 29.6 Å². The summed E-state index contributed by atoms with van der Waals surface area (Å²) in [5, 5.41) is 3.82. The van der Waals surface area contributed by atoms with Crippen molar-refractivity contribution in [3.05, 3.63) is 115 Å². The zero-order valence-electron chi connectivity index (χ0n) is 19.0. The Morgan fingerprint density at radius 2 is 1.59 bits per heavy atom. The van der Waals surface area contributed by atoms with Crippen LogP contribution in [0.25, 0.3) is 54.0 Å². The molecule has 2 aromatic heterocycles. The molecule has 0 aliphatic rings. The fraction of sp³-hybridized carbons (Fsp3) is 0.0323. The smallest absolute Gasteiger partial charge is 0.0561 e. The van der Waals surface area contributed by atoms with E-state index < -0.39 is 0 Å². The molecule has 0 aliphatic heterocycles. The van der Waals surface area contributed by atoms with Crippen molar-refractivity contribution in [3.63, 3.8) is 0 Å². The predicted octanol–water partition coefficient (Wildman–Crippen LogP) is 8.76. The zero-order valence-corrected chi connectivity index (χ0v) is 19.8. The van der Waals surface area contributed by atoms with Crippen LogP contribution in [0, 0.1) is 6.92 Å². The molecule has 0 amide bonds. The number of aryl methyl sites for hydroxylation is 1. The van der Waals surface area contributed by atoms with Crippen molar-refractivity contribution in [2.75, 3.05) is 5.73 Å². The molecule has 0 saturated heterocycles. The van der Waals surface area contributed by atoms with Crippen molar-refractivity contribution in [2.24, 2.45) is 0 Å². The Morgan fingerprint density at radius 3 is 2.44 bits per heavy atom. The van der Waals surface area contributed by atoms with E-state index in [4.69, 9.17) is 5.73 Å². The molecule has 6 rings (SSSR count). The second kappa shape index (κ2) is 8.05. The molecule has 4 aromatic carbocycles. The molecule has 3 heteroatoms. The topological polar surface area (TPSA) is 30.9 Å². The molecule has 0 unspecified atom stereocenters. The van der Waals surface area contributed by atoms with Gasteiger partial charge in [0, 0.05) is 42.5 Å². The lowest BCUT2D eigenvalue weighted by Crippen LogP contribution is -2.01. The summed E-state index contributed by atoms with van der Waals surface area (Å²) >= 11 is 1.84. The van der Waals surface area contributed by atoms with Crippen molar-refractivity contribution in [2.45, 2.75) is 6.92 Å². The number of hydrogen-bond acceptors (Lipinski definition) is 2. The molecule has 6 aromatic rings. The fourth-order valence-electron chi connectivity index (χ4n) is 5.00. The van der Waals surface area contributed by atoms with Crippen LogP contribution in [0.2, 0.25) is 0 Å². The van der Waals surface area contributed by atoms with E-state index in [1.54, 1.807) is 0 Å². The molecule has 2 nitrogen and oxygen atoms in total. The Labute approximate surface area is 202 Å². The van der Waals surface area contributed by atoms with E-state index in [-0.39, 0.29) is 0 Å². The van der Waals surface area contributed by atoms with Gasteiger partial charge in [-0.3, -0.25) is 0 Å². The van der Waals surface area contributed by atoms with Crippen LogP contribution in [0.3, 0.4) is 0 Å². The zero-order chi connectivity index (χ0) is 23.2. The summed E-state index contributed by atoms with van der Waals surface area (Å²) in [7, 11) is 0. The molecule has 0 atom stereocenters. The van der Waals surface area contributed by atoms with Gasteiger partial charge in [-0.15, -0.1) is 11.3 Å². The summed E-state index contributed by atoms with van der Waals surface area (Å²) in [5.41, 5.74) is 14.1. The van der Waals surface area contributed by atoms with E-state index in [0.717, 1.165) is 28.1 Å². The highest BCUT2D eigenvalue weighted by Crippen LogP contribution is 2.43. The summed E-state index contributed by atoms with van der Waals surface area (Å²) in [4.78, 5) is 0. The Bertz CT molecular complexity index is 1750. The van der Waals surface area contributed by atoms with Gasteiger partial charge in [-0.2, -0.15) is 0 Å². The molecular weight excluding hydrogens is 432 g/mol. The van der Waals surface area contributed by atoms with E-state index in [0.29, 0.717) is 0 Å². The number of benzene rings is 4. The minimum atomic E-state index is 0.746. The van der Waals surface area contributed by atoms with Gasteiger partial charge in [0.2, 0.25) is 0 Å². The summed E-state index contributed by atoms with van der Waals surface area (Å²) in [6.07, 6.45) is 5.95.